The molecule has 0 aromatic heterocycles. The van der Waals surface area contributed by atoms with Gasteiger partial charge in [0, 0.05) is 35.3 Å². The Bertz CT molecular complexity index is 1210. The number of carbonyl (C=O) groups is 2. The van der Waals surface area contributed by atoms with Gasteiger partial charge in [-0.2, -0.15) is 0 Å². The molecule has 42 heavy (non-hydrogen) atoms. The lowest BCUT2D eigenvalue weighted by atomic mass is 9.73. The molecule has 2 amide bonds. The van der Waals surface area contributed by atoms with Crippen LogP contribution in [0.15, 0.2) is 48.5 Å². The molecule has 2 fully saturated rings. The van der Waals surface area contributed by atoms with Gasteiger partial charge in [0.15, 0.2) is 0 Å². The zero-order valence-electron chi connectivity index (χ0n) is 25.7. The number of aryl methyl sites for hydroxylation is 1. The molecule has 1 unspecified atom stereocenters. The lowest BCUT2D eigenvalue weighted by molar-refractivity contribution is 0.0102. The summed E-state index contributed by atoms with van der Waals surface area (Å²) >= 11 is 0. The molecule has 7 heteroatoms. The van der Waals surface area contributed by atoms with Gasteiger partial charge < -0.3 is 25.1 Å². The molecule has 4 rings (SSSR count). The van der Waals surface area contributed by atoms with Crippen molar-refractivity contribution in [2.75, 3.05) is 26.3 Å². The smallest absolute Gasteiger partial charge is 0.254 e. The molecule has 2 aliphatic carbocycles. The van der Waals surface area contributed by atoms with E-state index < -0.39 is 11.6 Å². The fourth-order valence-corrected chi connectivity index (χ4v) is 7.47. The van der Waals surface area contributed by atoms with Crippen molar-refractivity contribution in [1.82, 2.24) is 9.80 Å². The molecular weight excluding hydrogens is 528 g/mol. The Balaban J connectivity index is 1.49. The Labute approximate surface area is 251 Å². The number of aliphatic hydroxyl groups is 3. The second kappa shape index (κ2) is 14.2. The lowest BCUT2D eigenvalue weighted by Crippen LogP contribution is -2.56. The Morgan fingerprint density at radius 2 is 1.45 bits per heavy atom. The minimum absolute atomic E-state index is 0.0391. The molecule has 2 aromatic rings. The molecule has 7 nitrogen and oxygen atoms in total. The number of amides is 2. The van der Waals surface area contributed by atoms with Gasteiger partial charge in [-0.25, -0.2) is 0 Å². The molecule has 2 aliphatic rings. The second-order valence-electron chi connectivity index (χ2n) is 13.2. The van der Waals surface area contributed by atoms with Crippen LogP contribution in [0.25, 0.3) is 0 Å². The van der Waals surface area contributed by atoms with E-state index >= 15 is 0 Å². The van der Waals surface area contributed by atoms with Crippen molar-refractivity contribution in [3.63, 3.8) is 0 Å². The molecule has 2 saturated carbocycles. The third kappa shape index (κ3) is 7.07. The molecule has 0 spiro atoms. The summed E-state index contributed by atoms with van der Waals surface area (Å²) in [5.41, 5.74) is 2.25. The summed E-state index contributed by atoms with van der Waals surface area (Å²) in [6, 6.07) is 15.0. The number of nitrogens with zero attached hydrogens (tertiary/aromatic N) is 2. The van der Waals surface area contributed by atoms with Gasteiger partial charge >= 0.3 is 0 Å². The molecule has 0 saturated heterocycles. The number of hydrogen-bond donors (Lipinski definition) is 3. The average Bonchev–Trinajstić information content (AvgIpc) is 3.42. The van der Waals surface area contributed by atoms with Gasteiger partial charge in [-0.15, -0.1) is 0 Å². The largest absolute Gasteiger partial charge is 0.395 e. The van der Waals surface area contributed by atoms with Crippen LogP contribution in [0, 0.1) is 5.92 Å². The van der Waals surface area contributed by atoms with Gasteiger partial charge in [0.25, 0.3) is 11.8 Å². The number of rotatable bonds is 12. The first-order valence-corrected chi connectivity index (χ1v) is 15.8. The second-order valence-corrected chi connectivity index (χ2v) is 13.2. The molecule has 0 heterocycles. The first kappa shape index (κ1) is 32.2. The highest BCUT2D eigenvalue weighted by atomic mass is 16.3. The summed E-state index contributed by atoms with van der Waals surface area (Å²) in [4.78, 5) is 31.3. The number of benzene rings is 2. The average molecular weight is 579 g/mol. The third-order valence-corrected chi connectivity index (χ3v) is 9.52. The van der Waals surface area contributed by atoms with E-state index in [0.717, 1.165) is 49.7 Å². The minimum Gasteiger partial charge on any atom is -0.395 e. The summed E-state index contributed by atoms with van der Waals surface area (Å²) in [5.74, 6) is 0.325. The number of carbonyl (C=O) groups excluding carboxylic acids is 2. The van der Waals surface area contributed by atoms with Gasteiger partial charge in [0.05, 0.1) is 19.3 Å². The SMILES string of the molecule is CC(C)(C)N(CCO)C(=O)c1ccccc1CCC(O)Cc1ccccc1C(=O)N(CCO)[C@@]12CCCC[C@@H]1CCC2. The van der Waals surface area contributed by atoms with Crippen LogP contribution in [-0.4, -0.2) is 80.4 Å². The maximum Gasteiger partial charge on any atom is 0.254 e. The summed E-state index contributed by atoms with van der Waals surface area (Å²) in [5, 5.41) is 30.7. The quantitative estimate of drug-likeness (QED) is 0.329. The molecular formula is C35H50N2O5. The number of aliphatic hydroxyl groups excluding tert-OH is 3. The highest BCUT2D eigenvalue weighted by Crippen LogP contribution is 2.49. The first-order chi connectivity index (χ1) is 20.1. The Hall–Kier alpha value is -2.74. The van der Waals surface area contributed by atoms with E-state index in [9.17, 15) is 24.9 Å². The molecule has 3 N–H and O–H groups in total. The Morgan fingerprint density at radius 3 is 2.12 bits per heavy atom. The van der Waals surface area contributed by atoms with Crippen molar-refractivity contribution in [1.29, 1.82) is 0 Å². The predicted octanol–water partition coefficient (Wildman–Crippen LogP) is 5.00. The monoisotopic (exact) mass is 578 g/mol. The normalized spacial score (nSPS) is 21.0. The van der Waals surface area contributed by atoms with Gasteiger partial charge in [-0.1, -0.05) is 55.7 Å². The van der Waals surface area contributed by atoms with E-state index in [4.69, 9.17) is 0 Å². The molecule has 0 bridgehead atoms. The van der Waals surface area contributed by atoms with E-state index in [1.165, 1.54) is 6.42 Å². The van der Waals surface area contributed by atoms with Gasteiger partial charge in [-0.3, -0.25) is 9.59 Å². The highest BCUT2D eigenvalue weighted by molar-refractivity contribution is 5.97. The van der Waals surface area contributed by atoms with Crippen LogP contribution in [0.3, 0.4) is 0 Å². The van der Waals surface area contributed by atoms with E-state index in [-0.39, 0.29) is 37.1 Å². The van der Waals surface area contributed by atoms with Crippen LogP contribution >= 0.6 is 0 Å². The van der Waals surface area contributed by atoms with Crippen LogP contribution in [0.1, 0.15) is 104 Å². The third-order valence-electron chi connectivity index (χ3n) is 9.52. The lowest BCUT2D eigenvalue weighted by Gasteiger charge is -2.48. The predicted molar refractivity (Wildman–Crippen MR) is 165 cm³/mol. The van der Waals surface area contributed by atoms with Crippen molar-refractivity contribution < 1.29 is 24.9 Å². The van der Waals surface area contributed by atoms with Gasteiger partial charge in [0.1, 0.15) is 0 Å². The van der Waals surface area contributed by atoms with E-state index in [1.54, 1.807) is 4.90 Å². The van der Waals surface area contributed by atoms with Crippen LogP contribution < -0.4 is 0 Å². The van der Waals surface area contributed by atoms with Crippen LogP contribution in [0.5, 0.6) is 0 Å². The fourth-order valence-electron chi connectivity index (χ4n) is 7.47. The fraction of sp³-hybridized carbons (Fsp3) is 0.600. The summed E-state index contributed by atoms with van der Waals surface area (Å²) in [6.45, 7) is 6.27. The number of fused-ring (bicyclic) bond motifs is 1. The summed E-state index contributed by atoms with van der Waals surface area (Å²) in [6.07, 6.45) is 8.32. The Morgan fingerprint density at radius 1 is 0.857 bits per heavy atom. The maximum absolute atomic E-state index is 14.1. The molecule has 2 aromatic carbocycles. The number of hydrogen-bond acceptors (Lipinski definition) is 5. The van der Waals surface area contributed by atoms with Crippen molar-refractivity contribution >= 4 is 11.8 Å². The van der Waals surface area contributed by atoms with E-state index in [0.29, 0.717) is 42.9 Å². The zero-order valence-corrected chi connectivity index (χ0v) is 25.7. The molecule has 3 atom stereocenters. The van der Waals surface area contributed by atoms with Crippen molar-refractivity contribution in [3.05, 3.63) is 70.8 Å². The maximum atomic E-state index is 14.1. The van der Waals surface area contributed by atoms with Gasteiger partial charge in [-0.05, 0) is 94.9 Å². The van der Waals surface area contributed by atoms with Crippen LogP contribution in [0.2, 0.25) is 0 Å². The Kier molecular flexibility index (Phi) is 10.8. The zero-order chi connectivity index (χ0) is 30.3. The van der Waals surface area contributed by atoms with E-state index in [1.807, 2.05) is 74.2 Å². The van der Waals surface area contributed by atoms with Crippen molar-refractivity contribution in [2.24, 2.45) is 5.92 Å². The standard InChI is InChI=1S/C35H50N2O5/c1-34(2,3)36(21-23-38)32(41)30-15-6-4-11-26(30)17-18-29(40)25-27-12-5-7-16-31(27)33(42)37(22-24-39)35-19-9-8-13-28(35)14-10-20-35/h4-7,11-12,15-16,28-29,38-40H,8-10,13-14,17-25H2,1-3H3/t28-,29?,35-/m1/s1. The topological polar surface area (TPSA) is 101 Å². The van der Waals surface area contributed by atoms with E-state index in [2.05, 4.69) is 0 Å². The summed E-state index contributed by atoms with van der Waals surface area (Å²) in [7, 11) is 0. The first-order valence-electron chi connectivity index (χ1n) is 15.8. The van der Waals surface area contributed by atoms with Crippen molar-refractivity contribution in [2.45, 2.75) is 102 Å². The molecule has 0 aliphatic heterocycles. The van der Waals surface area contributed by atoms with Crippen LogP contribution in [-0.2, 0) is 12.8 Å². The number of β-amino-alcohol motifs (C(OH)–C–C–N with tert-alkyl or cyclic N) is 2. The van der Waals surface area contributed by atoms with Crippen LogP contribution in [0.4, 0.5) is 0 Å². The highest BCUT2D eigenvalue weighted by Gasteiger charge is 2.50. The summed E-state index contributed by atoms with van der Waals surface area (Å²) < 4.78 is 0. The molecule has 230 valence electrons. The van der Waals surface area contributed by atoms with Gasteiger partial charge in [0.2, 0.25) is 0 Å². The minimum atomic E-state index is -0.698. The van der Waals surface area contributed by atoms with Crippen molar-refractivity contribution in [3.8, 4) is 0 Å². The molecule has 0 radical (unpaired) electrons.